The second-order valence-corrected chi connectivity index (χ2v) is 7.81. The van der Waals surface area contributed by atoms with E-state index in [1.165, 1.54) is 0 Å². The Balaban J connectivity index is 2.14. The van der Waals surface area contributed by atoms with Crippen LogP contribution in [0.15, 0.2) is 18.2 Å². The fourth-order valence-electron chi connectivity index (χ4n) is 2.41. The van der Waals surface area contributed by atoms with Crippen LogP contribution in [0.2, 0.25) is 0 Å². The molecule has 5 nitrogen and oxygen atoms in total. The third kappa shape index (κ3) is 3.56. The highest BCUT2D eigenvalue weighted by Crippen LogP contribution is 2.31. The summed E-state index contributed by atoms with van der Waals surface area (Å²) >= 11 is 0. The van der Waals surface area contributed by atoms with Crippen LogP contribution in [-0.4, -0.2) is 32.1 Å². The lowest BCUT2D eigenvalue weighted by atomic mass is 10.0. The highest BCUT2D eigenvalue weighted by atomic mass is 32.2. The monoisotopic (exact) mass is 298 g/mol. The fraction of sp³-hybridized carbons (Fsp3) is 0.571. The first-order valence-electron chi connectivity index (χ1n) is 6.84. The molecule has 1 aliphatic heterocycles. The number of rotatable bonds is 5. The van der Waals surface area contributed by atoms with Crippen molar-refractivity contribution in [1.82, 2.24) is 0 Å². The van der Waals surface area contributed by atoms with E-state index in [1.807, 2.05) is 26.0 Å². The number of hydrogen-bond donors (Lipinski definition) is 2. The van der Waals surface area contributed by atoms with E-state index in [-0.39, 0.29) is 11.5 Å². The standard InChI is InChI=1S/C14H22N2O3S/c1-3-7-19-13-9-11(4-5-12(13)15)16-14(2)6-8-20(17,18)10-14/h4-5,9,16H,3,6-8,10,15H2,1-2H3. The van der Waals surface area contributed by atoms with Crippen LogP contribution in [0.25, 0.3) is 0 Å². The van der Waals surface area contributed by atoms with Crippen LogP contribution in [0.3, 0.4) is 0 Å². The van der Waals surface area contributed by atoms with Crippen molar-refractivity contribution in [2.75, 3.05) is 29.2 Å². The summed E-state index contributed by atoms with van der Waals surface area (Å²) < 4.78 is 28.8. The van der Waals surface area contributed by atoms with Crippen LogP contribution in [0.4, 0.5) is 11.4 Å². The molecule has 0 aromatic heterocycles. The van der Waals surface area contributed by atoms with Crippen molar-refractivity contribution in [3.8, 4) is 5.75 Å². The smallest absolute Gasteiger partial charge is 0.152 e. The first-order valence-corrected chi connectivity index (χ1v) is 8.67. The van der Waals surface area contributed by atoms with Gasteiger partial charge in [-0.05, 0) is 31.9 Å². The predicted molar refractivity (Wildman–Crippen MR) is 81.9 cm³/mol. The van der Waals surface area contributed by atoms with E-state index in [1.54, 1.807) is 6.07 Å². The largest absolute Gasteiger partial charge is 0.491 e. The van der Waals surface area contributed by atoms with Crippen molar-refractivity contribution >= 4 is 21.2 Å². The van der Waals surface area contributed by atoms with Crippen LogP contribution in [0, 0.1) is 0 Å². The summed E-state index contributed by atoms with van der Waals surface area (Å²) in [5.41, 5.74) is 6.87. The minimum Gasteiger partial charge on any atom is -0.491 e. The van der Waals surface area contributed by atoms with Crippen LogP contribution in [0.5, 0.6) is 5.75 Å². The van der Waals surface area contributed by atoms with Crippen LogP contribution < -0.4 is 15.8 Å². The highest BCUT2D eigenvalue weighted by molar-refractivity contribution is 7.91. The lowest BCUT2D eigenvalue weighted by molar-refractivity contribution is 0.319. The average Bonchev–Trinajstić information content (AvgIpc) is 2.64. The molecule has 0 spiro atoms. The minimum absolute atomic E-state index is 0.162. The fourth-order valence-corrected chi connectivity index (χ4v) is 4.50. The summed E-state index contributed by atoms with van der Waals surface area (Å²) in [5, 5.41) is 3.30. The number of benzene rings is 1. The maximum atomic E-state index is 11.6. The van der Waals surface area contributed by atoms with Gasteiger partial charge in [0.25, 0.3) is 0 Å². The number of anilines is 2. The molecule has 1 fully saturated rings. The maximum absolute atomic E-state index is 11.6. The molecule has 1 heterocycles. The van der Waals surface area contributed by atoms with E-state index in [0.717, 1.165) is 12.1 Å². The van der Waals surface area contributed by atoms with Gasteiger partial charge in [-0.15, -0.1) is 0 Å². The first-order chi connectivity index (χ1) is 9.34. The summed E-state index contributed by atoms with van der Waals surface area (Å²) in [6.07, 6.45) is 1.53. The van der Waals surface area contributed by atoms with Gasteiger partial charge in [0.1, 0.15) is 5.75 Å². The lowest BCUT2D eigenvalue weighted by Crippen LogP contribution is -2.35. The van der Waals surface area contributed by atoms with Crippen LogP contribution in [-0.2, 0) is 9.84 Å². The van der Waals surface area contributed by atoms with E-state index >= 15 is 0 Å². The van der Waals surface area contributed by atoms with Gasteiger partial charge in [0.05, 0.1) is 23.8 Å². The third-order valence-corrected chi connectivity index (χ3v) is 5.33. The molecule has 3 N–H and O–H groups in total. The Morgan fingerprint density at radius 1 is 1.45 bits per heavy atom. The SMILES string of the molecule is CCCOc1cc(NC2(C)CCS(=O)(=O)C2)ccc1N. The molecule has 1 saturated heterocycles. The second kappa shape index (κ2) is 5.52. The Bertz CT molecular complexity index is 586. The minimum atomic E-state index is -2.92. The molecule has 1 unspecified atom stereocenters. The molecule has 0 bridgehead atoms. The molecule has 1 aromatic rings. The van der Waals surface area contributed by atoms with Gasteiger partial charge in [0.2, 0.25) is 0 Å². The molecule has 0 aliphatic carbocycles. The van der Waals surface area contributed by atoms with Crippen molar-refractivity contribution in [3.05, 3.63) is 18.2 Å². The van der Waals surface area contributed by atoms with E-state index in [0.29, 0.717) is 24.5 Å². The molecule has 2 rings (SSSR count). The lowest BCUT2D eigenvalue weighted by Gasteiger charge is -2.25. The summed E-state index contributed by atoms with van der Waals surface area (Å²) in [5.74, 6) is 1.04. The van der Waals surface area contributed by atoms with Crippen molar-refractivity contribution in [2.24, 2.45) is 0 Å². The Morgan fingerprint density at radius 2 is 2.20 bits per heavy atom. The zero-order chi connectivity index (χ0) is 14.8. The molecule has 112 valence electrons. The Morgan fingerprint density at radius 3 is 2.80 bits per heavy atom. The van der Waals surface area contributed by atoms with Gasteiger partial charge in [0, 0.05) is 17.3 Å². The number of sulfone groups is 1. The van der Waals surface area contributed by atoms with E-state index in [4.69, 9.17) is 10.5 Å². The van der Waals surface area contributed by atoms with Crippen molar-refractivity contribution in [1.29, 1.82) is 0 Å². The number of hydrogen-bond acceptors (Lipinski definition) is 5. The van der Waals surface area contributed by atoms with Gasteiger partial charge in [-0.2, -0.15) is 0 Å². The zero-order valence-electron chi connectivity index (χ0n) is 12.0. The van der Waals surface area contributed by atoms with Gasteiger partial charge in [-0.25, -0.2) is 8.42 Å². The molecule has 1 aromatic carbocycles. The molecule has 1 aliphatic rings. The van der Waals surface area contributed by atoms with Gasteiger partial charge in [-0.3, -0.25) is 0 Å². The molecule has 0 amide bonds. The molecule has 1 atom stereocenters. The Labute approximate surface area is 120 Å². The molecule has 20 heavy (non-hydrogen) atoms. The average molecular weight is 298 g/mol. The molecule has 0 radical (unpaired) electrons. The number of nitrogens with two attached hydrogens (primary N) is 1. The van der Waals surface area contributed by atoms with Gasteiger partial charge in [-0.1, -0.05) is 6.92 Å². The van der Waals surface area contributed by atoms with Gasteiger partial charge in [0.15, 0.2) is 9.84 Å². The summed E-state index contributed by atoms with van der Waals surface area (Å²) in [7, 11) is -2.92. The van der Waals surface area contributed by atoms with E-state index in [2.05, 4.69) is 5.32 Å². The molecule has 6 heteroatoms. The highest BCUT2D eigenvalue weighted by Gasteiger charge is 2.38. The molecular weight excluding hydrogens is 276 g/mol. The topological polar surface area (TPSA) is 81.4 Å². The predicted octanol–water partition coefficient (Wildman–Crippen LogP) is 2.05. The van der Waals surface area contributed by atoms with E-state index < -0.39 is 15.4 Å². The second-order valence-electron chi connectivity index (χ2n) is 5.63. The first kappa shape index (κ1) is 15.0. The van der Waals surface area contributed by atoms with Crippen molar-refractivity contribution in [2.45, 2.75) is 32.2 Å². The zero-order valence-corrected chi connectivity index (χ0v) is 12.8. The normalized spacial score (nSPS) is 24.5. The van der Waals surface area contributed by atoms with Gasteiger partial charge >= 0.3 is 0 Å². The Kier molecular flexibility index (Phi) is 4.13. The summed E-state index contributed by atoms with van der Waals surface area (Å²) in [6, 6.07) is 5.46. The summed E-state index contributed by atoms with van der Waals surface area (Å²) in [6.45, 7) is 4.57. The number of nitrogen functional groups attached to an aromatic ring is 1. The van der Waals surface area contributed by atoms with Crippen molar-refractivity contribution < 1.29 is 13.2 Å². The number of nitrogens with one attached hydrogen (secondary N) is 1. The quantitative estimate of drug-likeness (QED) is 0.813. The molecular formula is C14H22N2O3S. The number of ether oxygens (including phenoxy) is 1. The van der Waals surface area contributed by atoms with Crippen molar-refractivity contribution in [3.63, 3.8) is 0 Å². The molecule has 0 saturated carbocycles. The third-order valence-electron chi connectivity index (χ3n) is 3.42. The van der Waals surface area contributed by atoms with E-state index in [9.17, 15) is 8.42 Å². The van der Waals surface area contributed by atoms with Gasteiger partial charge < -0.3 is 15.8 Å². The summed E-state index contributed by atoms with van der Waals surface area (Å²) in [4.78, 5) is 0. The maximum Gasteiger partial charge on any atom is 0.152 e. The van der Waals surface area contributed by atoms with Crippen LogP contribution in [0.1, 0.15) is 26.7 Å². The van der Waals surface area contributed by atoms with Crippen LogP contribution >= 0.6 is 0 Å². The Hall–Kier alpha value is -1.43.